The van der Waals surface area contributed by atoms with Crippen molar-refractivity contribution in [3.8, 4) is 0 Å². The Labute approximate surface area is 90.1 Å². The molecule has 1 aromatic rings. The maximum absolute atomic E-state index is 10.6. The van der Waals surface area contributed by atoms with E-state index in [2.05, 4.69) is 5.48 Å². The first-order valence-electron chi connectivity index (χ1n) is 4.37. The van der Waals surface area contributed by atoms with E-state index in [4.69, 9.17) is 4.84 Å². The van der Waals surface area contributed by atoms with Crippen LogP contribution in [0, 0.1) is 20.2 Å². The zero-order valence-electron chi connectivity index (χ0n) is 8.37. The summed E-state index contributed by atoms with van der Waals surface area (Å²) in [4.78, 5) is 24.6. The van der Waals surface area contributed by atoms with Gasteiger partial charge in [-0.2, -0.15) is 0 Å². The van der Waals surface area contributed by atoms with E-state index in [0.717, 1.165) is 12.1 Å². The van der Waals surface area contributed by atoms with Crippen molar-refractivity contribution in [2.45, 2.75) is 6.92 Å². The smallest absolute Gasteiger partial charge is 0.276 e. The number of nitro benzene ring substituents is 2. The van der Waals surface area contributed by atoms with Crippen molar-refractivity contribution in [1.29, 1.82) is 0 Å². The van der Waals surface area contributed by atoms with E-state index in [1.165, 1.54) is 6.07 Å². The Bertz CT molecular complexity index is 388. The van der Waals surface area contributed by atoms with E-state index in [9.17, 15) is 20.2 Å². The number of nitro groups is 2. The topological polar surface area (TPSA) is 108 Å². The third-order valence-corrected chi connectivity index (χ3v) is 1.73. The first kappa shape index (κ1) is 11.9. The molecule has 0 aliphatic rings. The van der Waals surface area contributed by atoms with Crippen LogP contribution in [0.2, 0.25) is 0 Å². The van der Waals surface area contributed by atoms with Gasteiger partial charge in [0, 0.05) is 12.1 Å². The van der Waals surface area contributed by atoms with Gasteiger partial charge in [0.15, 0.2) is 0 Å². The molecular weight excluding hydrogens is 218 g/mol. The summed E-state index contributed by atoms with van der Waals surface area (Å²) in [5.74, 6) is 0. The van der Waals surface area contributed by atoms with Gasteiger partial charge in [-0.05, 0) is 13.0 Å². The summed E-state index contributed by atoms with van der Waals surface area (Å²) in [6.07, 6.45) is 0. The van der Waals surface area contributed by atoms with Crippen LogP contribution in [0.15, 0.2) is 18.2 Å². The Morgan fingerprint density at radius 1 is 1.25 bits per heavy atom. The van der Waals surface area contributed by atoms with Gasteiger partial charge in [0.2, 0.25) is 5.69 Å². The molecule has 8 nitrogen and oxygen atoms in total. The fourth-order valence-electron chi connectivity index (χ4n) is 1.08. The summed E-state index contributed by atoms with van der Waals surface area (Å²) in [7, 11) is 0. The number of benzene rings is 1. The maximum atomic E-state index is 10.6. The van der Waals surface area contributed by atoms with Crippen LogP contribution in [-0.4, -0.2) is 16.5 Å². The van der Waals surface area contributed by atoms with Crippen molar-refractivity contribution in [1.82, 2.24) is 0 Å². The Morgan fingerprint density at radius 3 is 2.12 bits per heavy atom. The third kappa shape index (κ3) is 2.42. The highest BCUT2D eigenvalue weighted by Crippen LogP contribution is 2.33. The van der Waals surface area contributed by atoms with Gasteiger partial charge in [0.1, 0.15) is 0 Å². The minimum Gasteiger partial charge on any atom is -0.276 e. The SMILES string of the molecule is CCONc1c([N+](=O)[O-])cccc1[N+](=O)[O-]. The normalized spacial score (nSPS) is 9.81. The van der Waals surface area contributed by atoms with Crippen LogP contribution in [0.4, 0.5) is 17.1 Å². The molecular formula is C8H9N3O5. The first-order valence-corrected chi connectivity index (χ1v) is 4.37. The Balaban J connectivity index is 3.23. The average molecular weight is 227 g/mol. The molecule has 0 aliphatic carbocycles. The number of para-hydroxylation sites is 1. The lowest BCUT2D eigenvalue weighted by atomic mass is 10.2. The van der Waals surface area contributed by atoms with Gasteiger partial charge in [-0.25, -0.2) is 0 Å². The van der Waals surface area contributed by atoms with E-state index in [0.29, 0.717) is 0 Å². The van der Waals surface area contributed by atoms with E-state index < -0.39 is 21.2 Å². The Morgan fingerprint density at radius 2 is 1.75 bits per heavy atom. The molecule has 1 N–H and O–H groups in total. The molecule has 1 rings (SSSR count). The Kier molecular flexibility index (Phi) is 3.72. The van der Waals surface area contributed by atoms with Crippen molar-refractivity contribution in [3.63, 3.8) is 0 Å². The van der Waals surface area contributed by atoms with Gasteiger partial charge < -0.3 is 0 Å². The lowest BCUT2D eigenvalue weighted by molar-refractivity contribution is -0.392. The first-order chi connectivity index (χ1) is 7.57. The number of nitrogens with one attached hydrogen (secondary N) is 1. The van der Waals surface area contributed by atoms with Crippen LogP contribution >= 0.6 is 0 Å². The zero-order valence-corrected chi connectivity index (χ0v) is 8.37. The van der Waals surface area contributed by atoms with Gasteiger partial charge in [-0.15, -0.1) is 0 Å². The van der Waals surface area contributed by atoms with Gasteiger partial charge >= 0.3 is 11.4 Å². The molecule has 0 saturated carbocycles. The van der Waals surface area contributed by atoms with Gasteiger partial charge in [0.25, 0.3) is 0 Å². The molecule has 86 valence electrons. The highest BCUT2D eigenvalue weighted by molar-refractivity contribution is 5.72. The molecule has 0 amide bonds. The van der Waals surface area contributed by atoms with Crippen LogP contribution < -0.4 is 5.48 Å². The second-order valence-electron chi connectivity index (χ2n) is 2.72. The van der Waals surface area contributed by atoms with Gasteiger partial charge in [-0.3, -0.25) is 30.5 Å². The lowest BCUT2D eigenvalue weighted by Gasteiger charge is -2.05. The molecule has 0 bridgehead atoms. The molecule has 0 fully saturated rings. The Hall–Kier alpha value is -2.22. The van der Waals surface area contributed by atoms with Crippen LogP contribution in [0.5, 0.6) is 0 Å². The molecule has 0 aliphatic heterocycles. The monoisotopic (exact) mass is 227 g/mol. The van der Waals surface area contributed by atoms with Crippen molar-refractivity contribution in [2.75, 3.05) is 12.1 Å². The maximum Gasteiger partial charge on any atom is 0.301 e. The van der Waals surface area contributed by atoms with E-state index >= 15 is 0 Å². The van der Waals surface area contributed by atoms with Gasteiger partial charge in [-0.1, -0.05) is 0 Å². The highest BCUT2D eigenvalue weighted by Gasteiger charge is 2.24. The standard InChI is InChI=1S/C8H9N3O5/c1-2-16-9-8-6(10(12)13)4-3-5-7(8)11(14)15/h3-5,9H,2H2,1H3. The zero-order chi connectivity index (χ0) is 12.1. The van der Waals surface area contributed by atoms with Crippen molar-refractivity contribution < 1.29 is 14.7 Å². The predicted molar refractivity (Wildman–Crippen MR) is 55.0 cm³/mol. The molecule has 0 unspecified atom stereocenters. The molecule has 8 heteroatoms. The largest absolute Gasteiger partial charge is 0.301 e. The second-order valence-corrected chi connectivity index (χ2v) is 2.72. The minimum absolute atomic E-state index is 0.225. The predicted octanol–water partition coefficient (Wildman–Crippen LogP) is 1.87. The molecule has 16 heavy (non-hydrogen) atoms. The summed E-state index contributed by atoms with van der Waals surface area (Å²) in [6, 6.07) is 3.57. The van der Waals surface area contributed by atoms with Crippen LogP contribution in [0.3, 0.4) is 0 Å². The average Bonchev–Trinajstić information content (AvgIpc) is 2.25. The van der Waals surface area contributed by atoms with Crippen LogP contribution in [0.25, 0.3) is 0 Å². The highest BCUT2D eigenvalue weighted by atomic mass is 16.7. The third-order valence-electron chi connectivity index (χ3n) is 1.73. The minimum atomic E-state index is -0.714. The van der Waals surface area contributed by atoms with E-state index in [1.807, 2.05) is 0 Å². The van der Waals surface area contributed by atoms with Crippen molar-refractivity contribution in [3.05, 3.63) is 38.4 Å². The molecule has 0 aromatic heterocycles. The number of anilines is 1. The number of nitrogens with zero attached hydrogens (tertiary/aromatic N) is 2. The fourth-order valence-corrected chi connectivity index (χ4v) is 1.08. The van der Waals surface area contributed by atoms with Crippen molar-refractivity contribution in [2.24, 2.45) is 0 Å². The summed E-state index contributed by atoms with van der Waals surface area (Å²) >= 11 is 0. The molecule has 1 aromatic carbocycles. The summed E-state index contributed by atoms with van der Waals surface area (Å²) in [6.45, 7) is 1.87. The van der Waals surface area contributed by atoms with Crippen LogP contribution in [-0.2, 0) is 4.84 Å². The summed E-state index contributed by atoms with van der Waals surface area (Å²) < 4.78 is 0. The molecule has 0 atom stereocenters. The second kappa shape index (κ2) is 5.03. The van der Waals surface area contributed by atoms with E-state index in [-0.39, 0.29) is 12.3 Å². The van der Waals surface area contributed by atoms with Crippen LogP contribution in [0.1, 0.15) is 6.92 Å². The number of rotatable bonds is 5. The number of hydrogen-bond acceptors (Lipinski definition) is 6. The quantitative estimate of drug-likeness (QED) is 0.607. The molecule has 0 radical (unpaired) electrons. The van der Waals surface area contributed by atoms with E-state index in [1.54, 1.807) is 6.92 Å². The molecule has 0 spiro atoms. The number of hydrogen-bond donors (Lipinski definition) is 1. The lowest BCUT2D eigenvalue weighted by Crippen LogP contribution is -2.06. The summed E-state index contributed by atoms with van der Waals surface area (Å²) in [5, 5.41) is 21.3. The van der Waals surface area contributed by atoms with Crippen molar-refractivity contribution >= 4 is 17.1 Å². The fraction of sp³-hybridized carbons (Fsp3) is 0.250. The van der Waals surface area contributed by atoms with Gasteiger partial charge in [0.05, 0.1) is 16.5 Å². The summed E-state index contributed by atoms with van der Waals surface area (Å²) in [5.41, 5.74) is 1.16. The molecule has 0 saturated heterocycles. The molecule has 0 heterocycles.